The van der Waals surface area contributed by atoms with E-state index in [1.165, 1.54) is 25.7 Å². The number of carbonyl (C=O) groups is 2. The Hall–Kier alpha value is -1.32. The molecule has 0 aromatic heterocycles. The van der Waals surface area contributed by atoms with Crippen molar-refractivity contribution in [2.45, 2.75) is 77.6 Å². The van der Waals surface area contributed by atoms with Gasteiger partial charge in [0.15, 0.2) is 5.92 Å². The highest BCUT2D eigenvalue weighted by molar-refractivity contribution is 5.92. The van der Waals surface area contributed by atoms with Crippen LogP contribution in [0, 0.1) is 5.92 Å². The average molecular weight is 298 g/mol. The fourth-order valence-electron chi connectivity index (χ4n) is 2.24. The van der Waals surface area contributed by atoms with Gasteiger partial charge in [-0.15, -0.1) is 0 Å². The first-order valence-electron chi connectivity index (χ1n) is 8.20. The number of aliphatic carboxylic acids is 2. The molecule has 0 radical (unpaired) electrons. The Morgan fingerprint density at radius 2 is 1.29 bits per heavy atom. The normalized spacial score (nSPS) is 11.3. The predicted octanol–water partition coefficient (Wildman–Crippen LogP) is 4.64. The molecule has 4 nitrogen and oxygen atoms in total. The molecule has 0 amide bonds. The Morgan fingerprint density at radius 3 is 1.81 bits per heavy atom. The largest absolute Gasteiger partial charge is 0.481 e. The van der Waals surface area contributed by atoms with Crippen LogP contribution in [0.1, 0.15) is 77.6 Å². The van der Waals surface area contributed by atoms with Crippen LogP contribution in [0.3, 0.4) is 0 Å². The summed E-state index contributed by atoms with van der Waals surface area (Å²) in [6.07, 6.45) is 15.8. The topological polar surface area (TPSA) is 74.6 Å². The van der Waals surface area contributed by atoms with Gasteiger partial charge in [-0.1, -0.05) is 57.6 Å². The summed E-state index contributed by atoms with van der Waals surface area (Å²) in [5.74, 6) is -3.69. The first kappa shape index (κ1) is 19.7. The van der Waals surface area contributed by atoms with Crippen molar-refractivity contribution in [2.24, 2.45) is 5.92 Å². The summed E-state index contributed by atoms with van der Waals surface area (Å²) in [6, 6.07) is 0. The molecule has 0 unspecified atom stereocenters. The second-order valence-corrected chi connectivity index (χ2v) is 5.54. The molecule has 0 saturated carbocycles. The van der Waals surface area contributed by atoms with Gasteiger partial charge >= 0.3 is 11.9 Å². The van der Waals surface area contributed by atoms with E-state index in [2.05, 4.69) is 19.1 Å². The summed E-state index contributed by atoms with van der Waals surface area (Å²) in [5.41, 5.74) is 0. The van der Waals surface area contributed by atoms with Crippen molar-refractivity contribution in [3.05, 3.63) is 12.2 Å². The van der Waals surface area contributed by atoms with Gasteiger partial charge in [0.05, 0.1) is 0 Å². The smallest absolute Gasteiger partial charge is 0.317 e. The van der Waals surface area contributed by atoms with Crippen molar-refractivity contribution in [3.8, 4) is 0 Å². The summed E-state index contributed by atoms with van der Waals surface area (Å²) >= 11 is 0. The minimum absolute atomic E-state index is 0.238. The molecular formula is C17H30O4. The van der Waals surface area contributed by atoms with Crippen LogP contribution in [-0.4, -0.2) is 22.2 Å². The molecule has 0 rings (SSSR count). The third-order valence-corrected chi connectivity index (χ3v) is 3.60. The highest BCUT2D eigenvalue weighted by atomic mass is 16.4. The number of hydrogen-bond acceptors (Lipinski definition) is 2. The molecule has 0 aromatic carbocycles. The second kappa shape index (κ2) is 13.7. The molecular weight excluding hydrogens is 268 g/mol. The van der Waals surface area contributed by atoms with Crippen LogP contribution in [0.2, 0.25) is 0 Å². The lowest BCUT2D eigenvalue weighted by molar-refractivity contribution is -0.154. The second-order valence-electron chi connectivity index (χ2n) is 5.54. The Bertz CT molecular complexity index is 296. The molecule has 2 N–H and O–H groups in total. The van der Waals surface area contributed by atoms with Crippen LogP contribution in [-0.2, 0) is 9.59 Å². The molecule has 4 heteroatoms. The van der Waals surface area contributed by atoms with E-state index in [9.17, 15) is 9.59 Å². The number of rotatable bonds is 14. The van der Waals surface area contributed by atoms with Gasteiger partial charge in [0, 0.05) is 0 Å². The van der Waals surface area contributed by atoms with Gasteiger partial charge in [-0.2, -0.15) is 0 Å². The molecule has 0 fully saturated rings. The molecule has 0 aromatic rings. The minimum Gasteiger partial charge on any atom is -0.481 e. The van der Waals surface area contributed by atoms with E-state index >= 15 is 0 Å². The lowest BCUT2D eigenvalue weighted by Gasteiger charge is -2.06. The zero-order valence-electron chi connectivity index (χ0n) is 13.2. The molecule has 0 spiro atoms. The van der Waals surface area contributed by atoms with Crippen molar-refractivity contribution in [1.29, 1.82) is 0 Å². The molecule has 0 bridgehead atoms. The van der Waals surface area contributed by atoms with Crippen LogP contribution in [0.25, 0.3) is 0 Å². The van der Waals surface area contributed by atoms with E-state index in [4.69, 9.17) is 10.2 Å². The Morgan fingerprint density at radius 1 is 0.810 bits per heavy atom. The molecule has 0 saturated heterocycles. The number of allylic oxidation sites excluding steroid dienone is 2. The van der Waals surface area contributed by atoms with Gasteiger partial charge in [0.1, 0.15) is 0 Å². The van der Waals surface area contributed by atoms with E-state index in [0.29, 0.717) is 6.42 Å². The summed E-state index contributed by atoms with van der Waals surface area (Å²) in [7, 11) is 0. The lowest BCUT2D eigenvalue weighted by atomic mass is 10.0. The van der Waals surface area contributed by atoms with Crippen LogP contribution in [0.5, 0.6) is 0 Å². The van der Waals surface area contributed by atoms with Gasteiger partial charge in [-0.3, -0.25) is 9.59 Å². The van der Waals surface area contributed by atoms with E-state index < -0.39 is 17.9 Å². The molecule has 0 aliphatic carbocycles. The van der Waals surface area contributed by atoms with Crippen LogP contribution in [0.15, 0.2) is 12.2 Å². The van der Waals surface area contributed by atoms with Crippen LogP contribution < -0.4 is 0 Å². The Labute approximate surface area is 128 Å². The van der Waals surface area contributed by atoms with Crippen molar-refractivity contribution in [3.63, 3.8) is 0 Å². The average Bonchev–Trinajstić information content (AvgIpc) is 2.43. The first-order chi connectivity index (χ1) is 10.1. The molecule has 0 aliphatic heterocycles. The van der Waals surface area contributed by atoms with E-state index in [0.717, 1.165) is 32.1 Å². The van der Waals surface area contributed by atoms with Gasteiger partial charge < -0.3 is 10.2 Å². The molecule has 0 aliphatic rings. The number of carboxylic acids is 2. The number of carboxylic acid groups (broad SMARTS) is 2. The van der Waals surface area contributed by atoms with Crippen molar-refractivity contribution >= 4 is 11.9 Å². The highest BCUT2D eigenvalue weighted by Gasteiger charge is 2.24. The molecule has 0 atom stereocenters. The van der Waals surface area contributed by atoms with E-state index in [1.807, 2.05) is 0 Å². The lowest BCUT2D eigenvalue weighted by Crippen LogP contribution is -2.23. The Balaban J connectivity index is 3.40. The zero-order valence-corrected chi connectivity index (χ0v) is 13.2. The summed E-state index contributed by atoms with van der Waals surface area (Å²) in [4.78, 5) is 21.4. The zero-order chi connectivity index (χ0) is 15.9. The molecule has 0 heterocycles. The monoisotopic (exact) mass is 298 g/mol. The number of hydrogen-bond donors (Lipinski definition) is 2. The fourth-order valence-corrected chi connectivity index (χ4v) is 2.24. The molecule has 21 heavy (non-hydrogen) atoms. The highest BCUT2D eigenvalue weighted by Crippen LogP contribution is 2.13. The third-order valence-electron chi connectivity index (χ3n) is 3.60. The van der Waals surface area contributed by atoms with Crippen LogP contribution >= 0.6 is 0 Å². The predicted molar refractivity (Wildman–Crippen MR) is 84.4 cm³/mol. The maximum atomic E-state index is 10.7. The standard InChI is InChI=1S/C17H30O4/c1-2-3-4-5-6-7-8-9-10-11-12-13-14-15(16(18)19)17(20)21/h6-7,15H,2-5,8-14H2,1H3,(H,18,19)(H,20,21). The van der Waals surface area contributed by atoms with Crippen molar-refractivity contribution in [2.75, 3.05) is 0 Å². The quantitative estimate of drug-likeness (QED) is 0.278. The van der Waals surface area contributed by atoms with Crippen molar-refractivity contribution in [1.82, 2.24) is 0 Å². The van der Waals surface area contributed by atoms with E-state index in [-0.39, 0.29) is 6.42 Å². The summed E-state index contributed by atoms with van der Waals surface area (Å²) in [5, 5.41) is 17.5. The van der Waals surface area contributed by atoms with Crippen LogP contribution in [0.4, 0.5) is 0 Å². The van der Waals surface area contributed by atoms with E-state index in [1.54, 1.807) is 0 Å². The van der Waals surface area contributed by atoms with Gasteiger partial charge in [0.25, 0.3) is 0 Å². The summed E-state index contributed by atoms with van der Waals surface area (Å²) < 4.78 is 0. The van der Waals surface area contributed by atoms with Gasteiger partial charge in [0.2, 0.25) is 0 Å². The maximum absolute atomic E-state index is 10.7. The molecule has 122 valence electrons. The minimum atomic E-state index is -1.24. The van der Waals surface area contributed by atoms with Gasteiger partial charge in [-0.05, 0) is 32.1 Å². The SMILES string of the molecule is CCCCCC=CCCCCCCCC(C(=O)O)C(=O)O. The third kappa shape index (κ3) is 12.2. The van der Waals surface area contributed by atoms with Crippen molar-refractivity contribution < 1.29 is 19.8 Å². The number of unbranched alkanes of at least 4 members (excludes halogenated alkanes) is 8. The van der Waals surface area contributed by atoms with Gasteiger partial charge in [-0.25, -0.2) is 0 Å². The fraction of sp³-hybridized carbons (Fsp3) is 0.765. The summed E-state index contributed by atoms with van der Waals surface area (Å²) in [6.45, 7) is 2.21. The Kier molecular flexibility index (Phi) is 12.8. The maximum Gasteiger partial charge on any atom is 0.317 e. The first-order valence-corrected chi connectivity index (χ1v) is 8.20.